The third-order valence-corrected chi connectivity index (χ3v) is 5.71. The summed E-state index contributed by atoms with van der Waals surface area (Å²) in [5, 5.41) is 3.81. The van der Waals surface area contributed by atoms with Crippen LogP contribution in [-0.4, -0.2) is 54.5 Å². The summed E-state index contributed by atoms with van der Waals surface area (Å²) in [5.74, 6) is 0. The van der Waals surface area contributed by atoms with Crippen LogP contribution in [0.15, 0.2) is 0 Å². The Morgan fingerprint density at radius 1 is 1.35 bits per heavy atom. The fourth-order valence-electron chi connectivity index (χ4n) is 4.35. The Kier molecular flexibility index (Phi) is 4.62. The number of amides is 1. The number of carbonyl (C=O) groups is 1. The van der Waals surface area contributed by atoms with Crippen molar-refractivity contribution < 1.29 is 14.3 Å². The Bertz CT molecular complexity index is 442. The van der Waals surface area contributed by atoms with Gasteiger partial charge < -0.3 is 19.7 Å². The predicted molar refractivity (Wildman–Crippen MR) is 89.5 cm³/mol. The van der Waals surface area contributed by atoms with Crippen LogP contribution >= 0.6 is 0 Å². The third kappa shape index (κ3) is 3.36. The van der Waals surface area contributed by atoms with Crippen LogP contribution in [-0.2, 0) is 9.47 Å². The van der Waals surface area contributed by atoms with Crippen LogP contribution in [0.2, 0.25) is 0 Å². The molecule has 1 spiro atoms. The molecule has 132 valence electrons. The molecule has 0 radical (unpaired) electrons. The maximum atomic E-state index is 12.2. The summed E-state index contributed by atoms with van der Waals surface area (Å²) in [6.07, 6.45) is 6.32. The lowest BCUT2D eigenvalue weighted by Crippen LogP contribution is -2.68. The van der Waals surface area contributed by atoms with Gasteiger partial charge in [-0.15, -0.1) is 0 Å². The Morgan fingerprint density at radius 3 is 2.65 bits per heavy atom. The molecule has 5 heteroatoms. The molecule has 23 heavy (non-hydrogen) atoms. The average molecular weight is 324 g/mol. The van der Waals surface area contributed by atoms with Gasteiger partial charge in [-0.25, -0.2) is 4.79 Å². The fraction of sp³-hybridized carbons (Fsp3) is 0.944. The number of rotatable bonds is 4. The zero-order valence-corrected chi connectivity index (χ0v) is 15.1. The second-order valence-corrected chi connectivity index (χ2v) is 8.40. The number of ether oxygens (including phenoxy) is 2. The zero-order valence-electron chi connectivity index (χ0n) is 15.1. The minimum Gasteiger partial charge on any atom is -0.444 e. The van der Waals surface area contributed by atoms with Gasteiger partial charge in [0.1, 0.15) is 5.60 Å². The highest BCUT2D eigenvalue weighted by Gasteiger charge is 2.59. The molecule has 1 heterocycles. The van der Waals surface area contributed by atoms with Crippen LogP contribution in [0.1, 0.15) is 59.8 Å². The van der Waals surface area contributed by atoms with E-state index in [4.69, 9.17) is 9.47 Å². The lowest BCUT2D eigenvalue weighted by molar-refractivity contribution is -0.174. The quantitative estimate of drug-likeness (QED) is 0.864. The molecule has 3 aliphatic rings. The van der Waals surface area contributed by atoms with E-state index >= 15 is 0 Å². The van der Waals surface area contributed by atoms with Crippen LogP contribution in [0.25, 0.3) is 0 Å². The highest BCUT2D eigenvalue weighted by atomic mass is 16.6. The second-order valence-electron chi connectivity index (χ2n) is 8.40. The molecule has 1 amide bonds. The molecule has 1 saturated heterocycles. The molecule has 0 bridgehead atoms. The number of hydrogen-bond acceptors (Lipinski definition) is 4. The highest BCUT2D eigenvalue weighted by Crippen LogP contribution is 2.57. The van der Waals surface area contributed by atoms with Crippen molar-refractivity contribution in [1.29, 1.82) is 0 Å². The summed E-state index contributed by atoms with van der Waals surface area (Å²) in [6, 6.07) is 0.962. The van der Waals surface area contributed by atoms with Gasteiger partial charge in [0, 0.05) is 37.2 Å². The van der Waals surface area contributed by atoms with Gasteiger partial charge in [0.05, 0.1) is 6.10 Å². The van der Waals surface area contributed by atoms with E-state index in [9.17, 15) is 4.79 Å². The molecular formula is C18H32N2O3. The van der Waals surface area contributed by atoms with Gasteiger partial charge in [-0.2, -0.15) is 0 Å². The molecule has 0 aromatic heterocycles. The van der Waals surface area contributed by atoms with Gasteiger partial charge in [0.25, 0.3) is 0 Å². The molecule has 2 saturated carbocycles. The first-order chi connectivity index (χ1) is 10.8. The molecule has 3 unspecified atom stereocenters. The summed E-state index contributed by atoms with van der Waals surface area (Å²) >= 11 is 0. The minimum atomic E-state index is -0.419. The molecule has 3 rings (SSSR count). The summed E-state index contributed by atoms with van der Waals surface area (Å²) < 4.78 is 11.4. The molecule has 2 aliphatic carbocycles. The van der Waals surface area contributed by atoms with E-state index in [0.29, 0.717) is 23.6 Å². The first-order valence-electron chi connectivity index (χ1n) is 9.19. The predicted octanol–water partition coefficient (Wildman–Crippen LogP) is 2.93. The van der Waals surface area contributed by atoms with Gasteiger partial charge in [-0.05, 0) is 53.4 Å². The third-order valence-electron chi connectivity index (χ3n) is 5.71. The van der Waals surface area contributed by atoms with Crippen molar-refractivity contribution in [2.24, 2.45) is 5.41 Å². The summed E-state index contributed by atoms with van der Waals surface area (Å²) in [5.41, 5.74) is -0.0351. The van der Waals surface area contributed by atoms with Gasteiger partial charge in [-0.3, -0.25) is 0 Å². The molecule has 3 fully saturated rings. The Balaban J connectivity index is 1.48. The van der Waals surface area contributed by atoms with Gasteiger partial charge >= 0.3 is 6.09 Å². The highest BCUT2D eigenvalue weighted by molar-refractivity contribution is 5.68. The van der Waals surface area contributed by atoms with Gasteiger partial charge in [-0.1, -0.05) is 6.42 Å². The van der Waals surface area contributed by atoms with Crippen LogP contribution < -0.4 is 5.32 Å². The Labute approximate surface area is 140 Å². The first-order valence-corrected chi connectivity index (χ1v) is 9.19. The van der Waals surface area contributed by atoms with Crippen molar-refractivity contribution in [1.82, 2.24) is 10.2 Å². The van der Waals surface area contributed by atoms with Crippen molar-refractivity contribution in [3.63, 3.8) is 0 Å². The maximum Gasteiger partial charge on any atom is 0.410 e. The molecule has 0 aromatic carbocycles. The second kappa shape index (κ2) is 6.25. The summed E-state index contributed by atoms with van der Waals surface area (Å²) in [7, 11) is 0. The SMILES string of the molecule is CCOC1CC(NC2CCN(C(=O)OC(C)(C)C)C2)C12CCC2. The lowest BCUT2D eigenvalue weighted by atomic mass is 9.51. The number of nitrogens with one attached hydrogen (secondary N) is 1. The fourth-order valence-corrected chi connectivity index (χ4v) is 4.35. The van der Waals surface area contributed by atoms with Crippen LogP contribution in [0, 0.1) is 5.41 Å². The van der Waals surface area contributed by atoms with E-state index in [-0.39, 0.29) is 6.09 Å². The van der Waals surface area contributed by atoms with E-state index in [1.165, 1.54) is 19.3 Å². The summed E-state index contributed by atoms with van der Waals surface area (Å²) in [6.45, 7) is 10.2. The number of nitrogens with zero attached hydrogens (tertiary/aromatic N) is 1. The van der Waals surface area contributed by atoms with Crippen molar-refractivity contribution in [2.75, 3.05) is 19.7 Å². The monoisotopic (exact) mass is 324 g/mol. The van der Waals surface area contributed by atoms with E-state index in [2.05, 4.69) is 12.2 Å². The van der Waals surface area contributed by atoms with Crippen molar-refractivity contribution in [2.45, 2.75) is 83.6 Å². The summed E-state index contributed by atoms with van der Waals surface area (Å²) in [4.78, 5) is 14.0. The average Bonchev–Trinajstić information content (AvgIpc) is 2.82. The first kappa shape index (κ1) is 17.0. The number of likely N-dealkylation sites (tertiary alicyclic amines) is 1. The lowest BCUT2D eigenvalue weighted by Gasteiger charge is -2.61. The van der Waals surface area contributed by atoms with Gasteiger partial charge in [0.15, 0.2) is 0 Å². The van der Waals surface area contributed by atoms with Crippen molar-refractivity contribution >= 4 is 6.09 Å². The molecule has 5 nitrogen and oxygen atoms in total. The molecule has 0 aromatic rings. The Morgan fingerprint density at radius 2 is 2.09 bits per heavy atom. The van der Waals surface area contributed by atoms with Gasteiger partial charge in [0.2, 0.25) is 0 Å². The molecular weight excluding hydrogens is 292 g/mol. The van der Waals surface area contributed by atoms with Crippen LogP contribution in [0.5, 0.6) is 0 Å². The van der Waals surface area contributed by atoms with Crippen molar-refractivity contribution in [3.05, 3.63) is 0 Å². The minimum absolute atomic E-state index is 0.180. The van der Waals surface area contributed by atoms with E-state index in [1.807, 2.05) is 25.7 Å². The number of carbonyl (C=O) groups excluding carboxylic acids is 1. The smallest absolute Gasteiger partial charge is 0.410 e. The maximum absolute atomic E-state index is 12.2. The largest absolute Gasteiger partial charge is 0.444 e. The molecule has 1 N–H and O–H groups in total. The van der Waals surface area contributed by atoms with Crippen LogP contribution in [0.3, 0.4) is 0 Å². The standard InChI is InChI=1S/C18H32N2O3/c1-5-22-15-11-14(18(15)8-6-9-18)19-13-7-10-20(12-13)16(21)23-17(2,3)4/h13-15,19H,5-12H2,1-4H3. The van der Waals surface area contributed by atoms with Crippen LogP contribution in [0.4, 0.5) is 4.79 Å². The van der Waals surface area contributed by atoms with E-state index in [1.54, 1.807) is 0 Å². The Hall–Kier alpha value is -0.810. The number of hydrogen-bond donors (Lipinski definition) is 1. The topological polar surface area (TPSA) is 50.8 Å². The van der Waals surface area contributed by atoms with E-state index in [0.717, 1.165) is 32.5 Å². The molecule has 3 atom stereocenters. The zero-order chi connectivity index (χ0) is 16.7. The van der Waals surface area contributed by atoms with Crippen molar-refractivity contribution in [3.8, 4) is 0 Å². The van der Waals surface area contributed by atoms with E-state index < -0.39 is 5.60 Å². The molecule has 1 aliphatic heterocycles. The normalized spacial score (nSPS) is 32.5.